The van der Waals surface area contributed by atoms with Crippen LogP contribution in [0.15, 0.2) is 41.1 Å². The molecular formula is C11H9N3O. The molecule has 0 aliphatic carbocycles. The molecule has 0 saturated heterocycles. The third kappa shape index (κ3) is 1.30. The standard InChI is InChI=1S/C11H9N3O/c1-14-7-8(6-12-14)11-13-9-4-2-3-5-10(9)15-11/h2-7H,1H3. The highest BCUT2D eigenvalue weighted by molar-refractivity contribution is 5.75. The van der Waals surface area contributed by atoms with Gasteiger partial charge in [0.05, 0.1) is 11.8 Å². The van der Waals surface area contributed by atoms with Crippen LogP contribution in [0.5, 0.6) is 0 Å². The summed E-state index contributed by atoms with van der Waals surface area (Å²) in [5.74, 6) is 0.615. The molecule has 4 heteroatoms. The van der Waals surface area contributed by atoms with E-state index in [0.29, 0.717) is 5.89 Å². The maximum atomic E-state index is 5.60. The smallest absolute Gasteiger partial charge is 0.230 e. The van der Waals surface area contributed by atoms with Gasteiger partial charge < -0.3 is 4.42 Å². The van der Waals surface area contributed by atoms with Crippen molar-refractivity contribution >= 4 is 11.1 Å². The Morgan fingerprint density at radius 1 is 1.27 bits per heavy atom. The van der Waals surface area contributed by atoms with Gasteiger partial charge in [-0.3, -0.25) is 4.68 Å². The zero-order chi connectivity index (χ0) is 10.3. The topological polar surface area (TPSA) is 43.9 Å². The number of nitrogens with zero attached hydrogens (tertiary/aromatic N) is 3. The minimum Gasteiger partial charge on any atom is -0.436 e. The summed E-state index contributed by atoms with van der Waals surface area (Å²) in [7, 11) is 1.87. The number of rotatable bonds is 1. The van der Waals surface area contributed by atoms with Gasteiger partial charge in [-0.2, -0.15) is 5.10 Å². The van der Waals surface area contributed by atoms with E-state index < -0.39 is 0 Å². The second-order valence-electron chi connectivity index (χ2n) is 3.39. The number of aryl methyl sites for hydroxylation is 1. The number of aromatic nitrogens is 3. The molecule has 0 unspecified atom stereocenters. The molecule has 2 aromatic heterocycles. The molecule has 15 heavy (non-hydrogen) atoms. The summed E-state index contributed by atoms with van der Waals surface area (Å²) in [4.78, 5) is 4.38. The fourth-order valence-electron chi connectivity index (χ4n) is 1.53. The van der Waals surface area contributed by atoms with Crippen LogP contribution in [0.2, 0.25) is 0 Å². The third-order valence-electron chi connectivity index (χ3n) is 2.25. The molecule has 0 fully saturated rings. The summed E-state index contributed by atoms with van der Waals surface area (Å²) in [5, 5.41) is 4.08. The van der Waals surface area contributed by atoms with Crippen LogP contribution < -0.4 is 0 Å². The van der Waals surface area contributed by atoms with Gasteiger partial charge in [0.25, 0.3) is 0 Å². The molecule has 3 rings (SSSR count). The van der Waals surface area contributed by atoms with Crippen LogP contribution in [0.3, 0.4) is 0 Å². The van der Waals surface area contributed by atoms with E-state index in [4.69, 9.17) is 4.42 Å². The predicted molar refractivity (Wildman–Crippen MR) is 56.2 cm³/mol. The minimum atomic E-state index is 0.615. The number of benzene rings is 1. The molecule has 1 aromatic carbocycles. The molecule has 0 aliphatic rings. The molecule has 0 bridgehead atoms. The van der Waals surface area contributed by atoms with E-state index in [1.54, 1.807) is 10.9 Å². The van der Waals surface area contributed by atoms with Gasteiger partial charge in [-0.25, -0.2) is 4.98 Å². The first-order valence-corrected chi connectivity index (χ1v) is 4.67. The lowest BCUT2D eigenvalue weighted by Crippen LogP contribution is -1.84. The Hall–Kier alpha value is -2.10. The van der Waals surface area contributed by atoms with Gasteiger partial charge in [-0.15, -0.1) is 0 Å². The van der Waals surface area contributed by atoms with Crippen molar-refractivity contribution < 1.29 is 4.42 Å². The van der Waals surface area contributed by atoms with Crippen molar-refractivity contribution in [3.8, 4) is 11.5 Å². The zero-order valence-corrected chi connectivity index (χ0v) is 8.21. The third-order valence-corrected chi connectivity index (χ3v) is 2.25. The Bertz CT molecular complexity index is 576. The van der Waals surface area contributed by atoms with Gasteiger partial charge in [0, 0.05) is 13.2 Å². The number of hydrogen-bond acceptors (Lipinski definition) is 3. The molecule has 0 amide bonds. The van der Waals surface area contributed by atoms with Crippen LogP contribution in [-0.2, 0) is 7.05 Å². The molecule has 0 aliphatic heterocycles. The van der Waals surface area contributed by atoms with Crippen molar-refractivity contribution in [3.63, 3.8) is 0 Å². The summed E-state index contributed by atoms with van der Waals surface area (Å²) in [5.41, 5.74) is 2.57. The number of para-hydroxylation sites is 2. The second kappa shape index (κ2) is 2.95. The lowest BCUT2D eigenvalue weighted by molar-refractivity contribution is 0.619. The van der Waals surface area contributed by atoms with Crippen molar-refractivity contribution in [1.29, 1.82) is 0 Å². The van der Waals surface area contributed by atoms with Crippen LogP contribution >= 0.6 is 0 Å². The van der Waals surface area contributed by atoms with Gasteiger partial charge >= 0.3 is 0 Å². The molecule has 4 nitrogen and oxygen atoms in total. The Balaban J connectivity index is 2.19. The zero-order valence-electron chi connectivity index (χ0n) is 8.21. The first-order valence-electron chi connectivity index (χ1n) is 4.67. The van der Waals surface area contributed by atoms with Crippen molar-refractivity contribution in [3.05, 3.63) is 36.7 Å². The predicted octanol–water partition coefficient (Wildman–Crippen LogP) is 2.23. The average Bonchev–Trinajstić information content (AvgIpc) is 2.82. The fraction of sp³-hybridized carbons (Fsp3) is 0.0909. The maximum Gasteiger partial charge on any atom is 0.230 e. The van der Waals surface area contributed by atoms with E-state index in [1.165, 1.54) is 0 Å². The van der Waals surface area contributed by atoms with Crippen molar-refractivity contribution in [2.45, 2.75) is 0 Å². The molecule has 0 saturated carbocycles. The molecule has 3 aromatic rings. The summed E-state index contributed by atoms with van der Waals surface area (Å²) in [6.07, 6.45) is 3.62. The fourth-order valence-corrected chi connectivity index (χ4v) is 1.53. The van der Waals surface area contributed by atoms with Crippen molar-refractivity contribution in [1.82, 2.24) is 14.8 Å². The molecule has 2 heterocycles. The largest absolute Gasteiger partial charge is 0.436 e. The highest BCUT2D eigenvalue weighted by atomic mass is 16.3. The molecule has 0 N–H and O–H groups in total. The van der Waals surface area contributed by atoms with Crippen molar-refractivity contribution in [2.24, 2.45) is 7.05 Å². The first-order chi connectivity index (χ1) is 7.33. The molecule has 74 valence electrons. The lowest BCUT2D eigenvalue weighted by Gasteiger charge is -1.85. The molecular weight excluding hydrogens is 190 g/mol. The van der Waals surface area contributed by atoms with E-state index in [-0.39, 0.29) is 0 Å². The highest BCUT2D eigenvalue weighted by Crippen LogP contribution is 2.22. The van der Waals surface area contributed by atoms with Gasteiger partial charge in [0.15, 0.2) is 5.58 Å². The Morgan fingerprint density at radius 3 is 2.87 bits per heavy atom. The van der Waals surface area contributed by atoms with Gasteiger partial charge in [0.1, 0.15) is 5.52 Å². The van der Waals surface area contributed by atoms with E-state index in [0.717, 1.165) is 16.7 Å². The molecule has 0 spiro atoms. The van der Waals surface area contributed by atoms with Crippen LogP contribution in [0.25, 0.3) is 22.6 Å². The van der Waals surface area contributed by atoms with Gasteiger partial charge in [-0.05, 0) is 12.1 Å². The van der Waals surface area contributed by atoms with E-state index >= 15 is 0 Å². The number of hydrogen-bond donors (Lipinski definition) is 0. The Morgan fingerprint density at radius 2 is 2.13 bits per heavy atom. The Kier molecular flexibility index (Phi) is 1.62. The van der Waals surface area contributed by atoms with Crippen LogP contribution in [0, 0.1) is 0 Å². The minimum absolute atomic E-state index is 0.615. The first kappa shape index (κ1) is 8.23. The summed E-state index contributed by atoms with van der Waals surface area (Å²) < 4.78 is 7.33. The van der Waals surface area contributed by atoms with E-state index in [2.05, 4.69) is 10.1 Å². The molecule has 0 atom stereocenters. The second-order valence-corrected chi connectivity index (χ2v) is 3.39. The van der Waals surface area contributed by atoms with Crippen LogP contribution in [0.4, 0.5) is 0 Å². The van der Waals surface area contributed by atoms with Crippen LogP contribution in [0.1, 0.15) is 0 Å². The monoisotopic (exact) mass is 199 g/mol. The Labute approximate surface area is 86.2 Å². The SMILES string of the molecule is Cn1cc(-c2nc3ccccc3o2)cn1. The van der Waals surface area contributed by atoms with Crippen molar-refractivity contribution in [2.75, 3.05) is 0 Å². The summed E-state index contributed by atoms with van der Waals surface area (Å²) >= 11 is 0. The van der Waals surface area contributed by atoms with E-state index in [1.807, 2.05) is 37.5 Å². The van der Waals surface area contributed by atoms with Crippen LogP contribution in [-0.4, -0.2) is 14.8 Å². The normalized spacial score (nSPS) is 11.0. The van der Waals surface area contributed by atoms with Gasteiger partial charge in [0.2, 0.25) is 5.89 Å². The summed E-state index contributed by atoms with van der Waals surface area (Å²) in [6, 6.07) is 7.71. The molecule has 0 radical (unpaired) electrons. The maximum absolute atomic E-state index is 5.60. The van der Waals surface area contributed by atoms with Gasteiger partial charge in [-0.1, -0.05) is 12.1 Å². The average molecular weight is 199 g/mol. The summed E-state index contributed by atoms with van der Waals surface area (Å²) in [6.45, 7) is 0. The number of oxazole rings is 1. The quantitative estimate of drug-likeness (QED) is 0.603. The lowest BCUT2D eigenvalue weighted by atomic mass is 10.3. The highest BCUT2D eigenvalue weighted by Gasteiger charge is 2.08. The van der Waals surface area contributed by atoms with E-state index in [9.17, 15) is 0 Å². The number of fused-ring (bicyclic) bond motifs is 1.